The van der Waals surface area contributed by atoms with Crippen LogP contribution in [0.15, 0.2) is 140 Å². The molecule has 0 amide bonds. The van der Waals surface area contributed by atoms with Crippen molar-refractivity contribution in [2.24, 2.45) is 0 Å². The van der Waals surface area contributed by atoms with Gasteiger partial charge in [0.15, 0.2) is 0 Å². The Morgan fingerprint density at radius 2 is 0.629 bits per heavy atom. The molecule has 0 nitrogen and oxygen atoms in total. The van der Waals surface area contributed by atoms with Crippen molar-refractivity contribution in [2.75, 3.05) is 0 Å². The molecule has 5 aromatic rings. The minimum Gasteiger partial charge on any atom is -0.0826 e. The van der Waals surface area contributed by atoms with Gasteiger partial charge in [0.2, 0.25) is 0 Å². The van der Waals surface area contributed by atoms with Gasteiger partial charge in [-0.25, -0.2) is 0 Å². The molecule has 0 aromatic heterocycles. The molecule has 4 heteroatoms. The zero-order chi connectivity index (χ0) is 24.3. The van der Waals surface area contributed by atoms with Gasteiger partial charge >= 0.3 is 0 Å². The number of rotatable bonds is 6. The van der Waals surface area contributed by atoms with Crippen LogP contribution in [-0.2, 0) is 23.6 Å². The van der Waals surface area contributed by atoms with Gasteiger partial charge < -0.3 is 0 Å². The van der Waals surface area contributed by atoms with Crippen LogP contribution >= 0.6 is 12.1 Å². The van der Waals surface area contributed by atoms with E-state index in [0.29, 0.717) is 0 Å². The molecule has 0 saturated heterocycles. The van der Waals surface area contributed by atoms with Crippen LogP contribution in [0.25, 0.3) is 0 Å². The highest BCUT2D eigenvalue weighted by Gasteiger charge is 2.29. The van der Waals surface area contributed by atoms with Crippen molar-refractivity contribution in [1.29, 1.82) is 0 Å². The molecule has 0 aliphatic rings. The van der Waals surface area contributed by atoms with Crippen LogP contribution in [0.1, 0.15) is 5.56 Å². The molecule has 0 aliphatic heterocycles. The van der Waals surface area contributed by atoms with Gasteiger partial charge in [-0.1, -0.05) is 157 Å². The van der Waals surface area contributed by atoms with Crippen LogP contribution in [-0.4, -0.2) is 0 Å². The quantitative estimate of drug-likeness (QED) is 0.269. The lowest BCUT2D eigenvalue weighted by Gasteiger charge is -2.29. The number of aryl methyl sites for hydroxylation is 1. The fourth-order valence-electron chi connectivity index (χ4n) is 4.55. The van der Waals surface area contributed by atoms with E-state index < -0.39 is 12.1 Å². The van der Waals surface area contributed by atoms with E-state index in [2.05, 4.69) is 146 Å². The maximum absolute atomic E-state index is 6.67. The van der Waals surface area contributed by atoms with Crippen molar-refractivity contribution >= 4 is 67.5 Å². The van der Waals surface area contributed by atoms with Crippen molar-refractivity contribution in [3.8, 4) is 0 Å². The summed E-state index contributed by atoms with van der Waals surface area (Å²) in [5.74, 6) is 0. The molecule has 0 aliphatic carbocycles. The minimum absolute atomic E-state index is 1.19. The van der Waals surface area contributed by atoms with Crippen molar-refractivity contribution in [3.05, 3.63) is 145 Å². The Morgan fingerprint density at radius 1 is 0.371 bits per heavy atom. The van der Waals surface area contributed by atoms with E-state index in [4.69, 9.17) is 23.6 Å². The molecule has 172 valence electrons. The summed E-state index contributed by atoms with van der Waals surface area (Å²) in [6.07, 6.45) is 0. The molecule has 5 aromatic carbocycles. The second-order valence-corrected chi connectivity index (χ2v) is 17.4. The van der Waals surface area contributed by atoms with Crippen LogP contribution in [0.5, 0.6) is 0 Å². The average molecular weight is 525 g/mol. The topological polar surface area (TPSA) is 0 Å². The van der Waals surface area contributed by atoms with E-state index in [9.17, 15) is 0 Å². The lowest BCUT2D eigenvalue weighted by molar-refractivity contribution is 1.51. The molecule has 0 bridgehead atoms. The maximum Gasteiger partial charge on any atom is 0.0379 e. The Morgan fingerprint density at radius 3 is 0.886 bits per heavy atom. The van der Waals surface area contributed by atoms with Crippen LogP contribution in [0.2, 0.25) is 0 Å². The fourth-order valence-corrected chi connectivity index (χ4v) is 12.3. The fraction of sp³-hybridized carbons (Fsp3) is 0.0323. The largest absolute Gasteiger partial charge is 0.0826 e. The third kappa shape index (κ3) is 4.53. The van der Waals surface area contributed by atoms with E-state index in [1.807, 2.05) is 0 Å². The average Bonchev–Trinajstić information content (AvgIpc) is 2.93. The first-order valence-electron chi connectivity index (χ1n) is 11.6. The first-order valence-corrected chi connectivity index (χ1v) is 17.2. The minimum atomic E-state index is -2.28. The Hall–Kier alpha value is -2.60. The molecule has 0 fully saturated rings. The number of hydrogen-bond acceptors (Lipinski definition) is 2. The summed E-state index contributed by atoms with van der Waals surface area (Å²) < 4.78 is 0. The van der Waals surface area contributed by atoms with Gasteiger partial charge in [0.25, 0.3) is 0 Å². The van der Waals surface area contributed by atoms with E-state index >= 15 is 0 Å². The molecule has 35 heavy (non-hydrogen) atoms. The Bertz CT molecular complexity index is 1330. The highest BCUT2D eigenvalue weighted by molar-refractivity contribution is 8.26. The lowest BCUT2D eigenvalue weighted by Crippen LogP contribution is -2.30. The summed E-state index contributed by atoms with van der Waals surface area (Å²) in [6.45, 7) is 2.16. The van der Waals surface area contributed by atoms with Crippen LogP contribution < -0.4 is 31.8 Å². The van der Waals surface area contributed by atoms with Crippen molar-refractivity contribution in [1.82, 2.24) is 0 Å². The molecule has 0 N–H and O–H groups in total. The summed E-state index contributed by atoms with van der Waals surface area (Å²) >= 11 is 13.3. The van der Waals surface area contributed by atoms with Crippen LogP contribution in [0.4, 0.5) is 0 Å². The van der Waals surface area contributed by atoms with E-state index in [0.717, 1.165) is 0 Å². The van der Waals surface area contributed by atoms with E-state index in [1.54, 1.807) is 0 Å². The summed E-state index contributed by atoms with van der Waals surface area (Å²) in [5.41, 5.74) is 1.19. The predicted octanol–water partition coefficient (Wildman–Crippen LogP) is 5.51. The predicted molar refractivity (Wildman–Crippen MR) is 163 cm³/mol. The summed E-state index contributed by atoms with van der Waals surface area (Å²) in [6, 6.07) is 44.7. The molecule has 0 unspecified atom stereocenters. The first kappa shape index (κ1) is 24.1. The van der Waals surface area contributed by atoms with Gasteiger partial charge in [0.1, 0.15) is 0 Å². The monoisotopic (exact) mass is 524 g/mol. The van der Waals surface area contributed by atoms with Crippen molar-refractivity contribution in [3.63, 3.8) is 0 Å². The summed E-state index contributed by atoms with van der Waals surface area (Å²) in [7, 11) is 0. The Balaban J connectivity index is 1.81. The number of hydrogen-bond donors (Lipinski definition) is 0. The molecule has 0 heterocycles. The highest BCUT2D eigenvalue weighted by atomic mass is 32.4. The molecule has 0 atom stereocenters. The highest BCUT2D eigenvalue weighted by Crippen LogP contribution is 2.46. The SMILES string of the molecule is Cc1cc(P(=S)(c2ccccc2)c2ccccc2)cc(P(=S)(c2ccccc2)c2ccccc2)c1. The summed E-state index contributed by atoms with van der Waals surface area (Å²) in [5, 5.41) is 7.19. The van der Waals surface area contributed by atoms with E-state index in [1.165, 1.54) is 37.4 Å². The van der Waals surface area contributed by atoms with Crippen molar-refractivity contribution in [2.45, 2.75) is 6.92 Å². The second-order valence-electron chi connectivity index (χ2n) is 8.59. The first-order chi connectivity index (χ1) is 17.0. The Kier molecular flexibility index (Phi) is 7.01. The van der Waals surface area contributed by atoms with E-state index in [-0.39, 0.29) is 0 Å². The van der Waals surface area contributed by atoms with Crippen LogP contribution in [0, 0.1) is 6.92 Å². The third-order valence-corrected chi connectivity index (χ3v) is 16.1. The summed E-state index contributed by atoms with van der Waals surface area (Å²) in [4.78, 5) is 0. The van der Waals surface area contributed by atoms with Gasteiger partial charge in [-0.05, 0) is 50.4 Å². The normalized spacial score (nSPS) is 11.8. The zero-order valence-electron chi connectivity index (χ0n) is 19.5. The molecule has 0 radical (unpaired) electrons. The van der Waals surface area contributed by atoms with Gasteiger partial charge in [0, 0.05) is 12.1 Å². The van der Waals surface area contributed by atoms with Gasteiger partial charge in [-0.2, -0.15) is 0 Å². The third-order valence-electron chi connectivity index (χ3n) is 6.25. The van der Waals surface area contributed by atoms with Gasteiger partial charge in [-0.3, -0.25) is 0 Å². The second kappa shape index (κ2) is 10.2. The standard InChI is InChI=1S/C31H26P2S2/c1-25-22-30(32(34,26-14-6-2-7-15-26)27-16-8-3-9-17-27)24-31(23-25)33(35,28-18-10-4-11-19-28)29-20-12-5-13-21-29/h2-24H,1H3. The van der Waals surface area contributed by atoms with Gasteiger partial charge in [-0.15, -0.1) is 0 Å². The molecular weight excluding hydrogens is 498 g/mol. The maximum atomic E-state index is 6.67. The molecular formula is C31H26P2S2. The molecule has 0 saturated carbocycles. The van der Waals surface area contributed by atoms with Crippen LogP contribution in [0.3, 0.4) is 0 Å². The lowest BCUT2D eigenvalue weighted by atomic mass is 10.2. The zero-order valence-corrected chi connectivity index (χ0v) is 22.9. The van der Waals surface area contributed by atoms with Gasteiger partial charge in [0.05, 0.1) is 0 Å². The Labute approximate surface area is 218 Å². The smallest absolute Gasteiger partial charge is 0.0379 e. The molecule has 0 spiro atoms. The van der Waals surface area contributed by atoms with Crippen molar-refractivity contribution < 1.29 is 0 Å². The molecule has 5 rings (SSSR count). The number of benzene rings is 5.